The van der Waals surface area contributed by atoms with E-state index in [1.807, 2.05) is 25.6 Å². The maximum Gasteiger partial charge on any atom is 0.237 e. The molecule has 1 amide bonds. The van der Waals surface area contributed by atoms with Gasteiger partial charge in [-0.25, -0.2) is 0 Å². The van der Waals surface area contributed by atoms with Crippen molar-refractivity contribution in [3.05, 3.63) is 17.0 Å². The average molecular weight is 250 g/mol. The summed E-state index contributed by atoms with van der Waals surface area (Å²) in [6, 6.07) is -0.0396. The Balaban J connectivity index is 1.97. The molecule has 2 atom stereocenters. The first kappa shape index (κ1) is 13.1. The van der Waals surface area contributed by atoms with Crippen LogP contribution in [0.1, 0.15) is 30.3 Å². The van der Waals surface area contributed by atoms with Gasteiger partial charge in [-0.1, -0.05) is 6.92 Å². The number of rotatable bonds is 3. The van der Waals surface area contributed by atoms with Crippen molar-refractivity contribution in [2.75, 3.05) is 6.54 Å². The molecule has 5 heteroatoms. The summed E-state index contributed by atoms with van der Waals surface area (Å²) >= 11 is 0. The first-order valence-corrected chi connectivity index (χ1v) is 6.51. The fraction of sp³-hybridized carbons (Fsp3) is 0.692. The first-order valence-electron chi connectivity index (χ1n) is 6.51. The molecule has 100 valence electrons. The summed E-state index contributed by atoms with van der Waals surface area (Å²) in [7, 11) is 1.92. The molecule has 2 heterocycles. The van der Waals surface area contributed by atoms with Crippen LogP contribution in [0.25, 0.3) is 0 Å². The third-order valence-electron chi connectivity index (χ3n) is 3.91. The summed E-state index contributed by atoms with van der Waals surface area (Å²) in [5.41, 5.74) is 3.22. The summed E-state index contributed by atoms with van der Waals surface area (Å²) in [5.74, 6) is 0.517. The molecule has 2 unspecified atom stereocenters. The fourth-order valence-electron chi connectivity index (χ4n) is 2.54. The molecule has 0 radical (unpaired) electrons. The Morgan fingerprint density at radius 1 is 1.56 bits per heavy atom. The van der Waals surface area contributed by atoms with Crippen LogP contribution in [0.5, 0.6) is 0 Å². The van der Waals surface area contributed by atoms with Crippen molar-refractivity contribution >= 4 is 5.91 Å². The second-order valence-corrected chi connectivity index (χ2v) is 5.19. The van der Waals surface area contributed by atoms with Gasteiger partial charge >= 0.3 is 0 Å². The van der Waals surface area contributed by atoms with Gasteiger partial charge < -0.3 is 10.6 Å². The van der Waals surface area contributed by atoms with Crippen LogP contribution in [0, 0.1) is 19.8 Å². The van der Waals surface area contributed by atoms with Crippen molar-refractivity contribution in [1.29, 1.82) is 0 Å². The van der Waals surface area contributed by atoms with Crippen molar-refractivity contribution in [1.82, 2.24) is 20.4 Å². The number of hydrogen-bond donors (Lipinski definition) is 2. The number of nitrogens with one attached hydrogen (secondary N) is 2. The second-order valence-electron chi connectivity index (χ2n) is 5.19. The Labute approximate surface area is 108 Å². The van der Waals surface area contributed by atoms with Gasteiger partial charge in [0.1, 0.15) is 0 Å². The highest BCUT2D eigenvalue weighted by atomic mass is 16.2. The zero-order chi connectivity index (χ0) is 13.3. The molecule has 1 fully saturated rings. The maximum atomic E-state index is 12.1. The number of hydrogen-bond acceptors (Lipinski definition) is 3. The fourth-order valence-corrected chi connectivity index (χ4v) is 2.54. The molecule has 2 rings (SSSR count). The lowest BCUT2D eigenvalue weighted by Crippen LogP contribution is -2.43. The van der Waals surface area contributed by atoms with E-state index in [0.29, 0.717) is 12.5 Å². The maximum absolute atomic E-state index is 12.1. The zero-order valence-corrected chi connectivity index (χ0v) is 11.6. The summed E-state index contributed by atoms with van der Waals surface area (Å²) in [4.78, 5) is 12.1. The minimum Gasteiger partial charge on any atom is -0.351 e. The summed E-state index contributed by atoms with van der Waals surface area (Å²) < 4.78 is 1.85. The van der Waals surface area contributed by atoms with Crippen LogP contribution in [0.3, 0.4) is 0 Å². The number of aryl methyl sites for hydroxylation is 2. The average Bonchev–Trinajstić information content (AvgIpc) is 2.83. The molecule has 1 aliphatic heterocycles. The minimum absolute atomic E-state index is 0.0396. The van der Waals surface area contributed by atoms with E-state index in [9.17, 15) is 4.79 Å². The number of carbonyl (C=O) groups is 1. The van der Waals surface area contributed by atoms with Crippen LogP contribution in [0.4, 0.5) is 0 Å². The Kier molecular flexibility index (Phi) is 3.71. The molecule has 5 nitrogen and oxygen atoms in total. The van der Waals surface area contributed by atoms with Crippen LogP contribution >= 0.6 is 0 Å². The SMILES string of the molecule is Cc1nn(C)c(C)c1CNC(=O)C1NCCC1C. The molecule has 0 bridgehead atoms. The van der Waals surface area contributed by atoms with Gasteiger partial charge in [0, 0.05) is 24.8 Å². The van der Waals surface area contributed by atoms with Crippen LogP contribution in [-0.2, 0) is 18.4 Å². The van der Waals surface area contributed by atoms with Crippen molar-refractivity contribution in [3.8, 4) is 0 Å². The van der Waals surface area contributed by atoms with Crippen molar-refractivity contribution in [2.45, 2.75) is 39.8 Å². The van der Waals surface area contributed by atoms with Gasteiger partial charge in [-0.2, -0.15) is 5.10 Å². The van der Waals surface area contributed by atoms with E-state index >= 15 is 0 Å². The quantitative estimate of drug-likeness (QED) is 0.828. The largest absolute Gasteiger partial charge is 0.351 e. The highest BCUT2D eigenvalue weighted by Crippen LogP contribution is 2.15. The van der Waals surface area contributed by atoms with Gasteiger partial charge in [0.25, 0.3) is 0 Å². The zero-order valence-electron chi connectivity index (χ0n) is 11.6. The van der Waals surface area contributed by atoms with Gasteiger partial charge in [-0.3, -0.25) is 9.48 Å². The standard InChI is InChI=1S/C13H22N4O/c1-8-5-6-14-12(8)13(18)15-7-11-9(2)16-17(4)10(11)3/h8,12,14H,5-7H2,1-4H3,(H,15,18). The Hall–Kier alpha value is -1.36. The monoisotopic (exact) mass is 250 g/mol. The van der Waals surface area contributed by atoms with Crippen molar-refractivity contribution in [3.63, 3.8) is 0 Å². The number of amides is 1. The van der Waals surface area contributed by atoms with Crippen molar-refractivity contribution in [2.24, 2.45) is 13.0 Å². The molecule has 1 aliphatic rings. The van der Waals surface area contributed by atoms with Gasteiger partial charge in [-0.05, 0) is 32.7 Å². The van der Waals surface area contributed by atoms with E-state index < -0.39 is 0 Å². The van der Waals surface area contributed by atoms with Gasteiger partial charge in [0.15, 0.2) is 0 Å². The van der Waals surface area contributed by atoms with Gasteiger partial charge in [-0.15, -0.1) is 0 Å². The Morgan fingerprint density at radius 3 is 2.78 bits per heavy atom. The minimum atomic E-state index is -0.0396. The van der Waals surface area contributed by atoms with E-state index in [-0.39, 0.29) is 11.9 Å². The Morgan fingerprint density at radius 2 is 2.28 bits per heavy atom. The molecule has 2 N–H and O–H groups in total. The van der Waals surface area contributed by atoms with Gasteiger partial charge in [0.2, 0.25) is 5.91 Å². The molecule has 0 aliphatic carbocycles. The number of nitrogens with zero attached hydrogens (tertiary/aromatic N) is 2. The lowest BCUT2D eigenvalue weighted by atomic mass is 10.0. The summed E-state index contributed by atoms with van der Waals surface area (Å²) in [5, 5.41) is 10.6. The van der Waals surface area contributed by atoms with Crippen molar-refractivity contribution < 1.29 is 4.79 Å². The smallest absolute Gasteiger partial charge is 0.237 e. The predicted octanol–water partition coefficient (Wildman–Crippen LogP) is 0.651. The molecule has 1 saturated heterocycles. The molecule has 18 heavy (non-hydrogen) atoms. The third kappa shape index (κ3) is 2.41. The van der Waals surface area contributed by atoms with Crippen LogP contribution in [0.15, 0.2) is 0 Å². The third-order valence-corrected chi connectivity index (χ3v) is 3.91. The highest BCUT2D eigenvalue weighted by Gasteiger charge is 2.29. The lowest BCUT2D eigenvalue weighted by molar-refractivity contribution is -0.123. The predicted molar refractivity (Wildman–Crippen MR) is 70.1 cm³/mol. The topological polar surface area (TPSA) is 59.0 Å². The van der Waals surface area contributed by atoms with E-state index in [0.717, 1.165) is 29.9 Å². The van der Waals surface area contributed by atoms with E-state index in [1.54, 1.807) is 0 Å². The van der Waals surface area contributed by atoms with E-state index in [4.69, 9.17) is 0 Å². The first-order chi connectivity index (χ1) is 8.50. The van der Waals surface area contributed by atoms with Crippen LogP contribution in [0.2, 0.25) is 0 Å². The molecule has 1 aromatic heterocycles. The lowest BCUT2D eigenvalue weighted by Gasteiger charge is -2.15. The van der Waals surface area contributed by atoms with Crippen LogP contribution in [-0.4, -0.2) is 28.3 Å². The number of carbonyl (C=O) groups excluding carboxylic acids is 1. The summed E-state index contributed by atoms with van der Waals surface area (Å²) in [6.45, 7) is 7.62. The number of aromatic nitrogens is 2. The molecular weight excluding hydrogens is 228 g/mol. The molecule has 0 aromatic carbocycles. The van der Waals surface area contributed by atoms with E-state index in [2.05, 4.69) is 22.7 Å². The molecule has 1 aromatic rings. The highest BCUT2D eigenvalue weighted by molar-refractivity contribution is 5.82. The van der Waals surface area contributed by atoms with Crippen LogP contribution < -0.4 is 10.6 Å². The van der Waals surface area contributed by atoms with E-state index in [1.165, 1.54) is 0 Å². The molecular formula is C13H22N4O. The Bertz CT molecular complexity index is 452. The normalized spacial score (nSPS) is 23.3. The van der Waals surface area contributed by atoms with Gasteiger partial charge in [0.05, 0.1) is 11.7 Å². The molecule has 0 saturated carbocycles. The second kappa shape index (κ2) is 5.10. The summed E-state index contributed by atoms with van der Waals surface area (Å²) in [6.07, 6.45) is 1.07. The molecule has 0 spiro atoms.